The van der Waals surface area contributed by atoms with Crippen molar-refractivity contribution in [3.63, 3.8) is 0 Å². The first-order chi connectivity index (χ1) is 13.6. The van der Waals surface area contributed by atoms with Crippen LogP contribution in [-0.4, -0.2) is 50.1 Å². The van der Waals surface area contributed by atoms with Crippen molar-refractivity contribution in [1.29, 1.82) is 0 Å². The highest BCUT2D eigenvalue weighted by atomic mass is 32.2. The van der Waals surface area contributed by atoms with Crippen molar-refractivity contribution in [1.82, 2.24) is 0 Å². The van der Waals surface area contributed by atoms with Gasteiger partial charge in [0.2, 0.25) is 0 Å². The lowest BCUT2D eigenvalue weighted by Crippen LogP contribution is -2.12. The van der Waals surface area contributed by atoms with Crippen LogP contribution in [0.4, 0.5) is 0 Å². The third-order valence-corrected chi connectivity index (χ3v) is 6.30. The van der Waals surface area contributed by atoms with Crippen molar-refractivity contribution < 1.29 is 28.9 Å². The van der Waals surface area contributed by atoms with Crippen molar-refractivity contribution in [3.8, 4) is 0 Å². The summed E-state index contributed by atoms with van der Waals surface area (Å²) in [6.07, 6.45) is 0. The van der Waals surface area contributed by atoms with Crippen LogP contribution in [0.25, 0.3) is 0 Å². The monoisotopic (exact) mass is 420 g/mol. The molecular weight excluding hydrogens is 400 g/mol. The van der Waals surface area contributed by atoms with Gasteiger partial charge in [-0.25, -0.2) is 9.59 Å². The smallest absolute Gasteiger partial charge is 0.338 e. The molecule has 148 valence electrons. The maximum absolute atomic E-state index is 12.2. The number of carbonyl (C=O) groups is 2. The van der Waals surface area contributed by atoms with Gasteiger partial charge in [0.05, 0.1) is 37.6 Å². The van der Waals surface area contributed by atoms with Gasteiger partial charge in [-0.05, 0) is 43.3 Å². The van der Waals surface area contributed by atoms with Gasteiger partial charge in [-0.1, -0.05) is 23.5 Å². The van der Waals surface area contributed by atoms with Crippen LogP contribution in [0.2, 0.25) is 0 Å². The van der Waals surface area contributed by atoms with Gasteiger partial charge < -0.3 is 19.3 Å². The molecule has 0 radical (unpaired) electrons. The molecule has 8 heteroatoms. The standard InChI is InChI=1S/C20H20O6S2/c1-2-25-19(22)13-3-5-15-17(11-13)27-16-6-4-14(12-18(16)28-15)20(23)26-10-9-24-8-7-21/h3-6,11-12,21H,2,7-10H2,1H3. The van der Waals surface area contributed by atoms with Crippen LogP contribution in [-0.2, 0) is 14.2 Å². The van der Waals surface area contributed by atoms with Crippen LogP contribution in [0.3, 0.4) is 0 Å². The molecule has 0 saturated heterocycles. The number of aliphatic hydroxyl groups excluding tert-OH is 1. The molecule has 2 aromatic rings. The molecule has 0 saturated carbocycles. The Morgan fingerprint density at radius 2 is 1.39 bits per heavy atom. The molecule has 1 aliphatic rings. The quantitative estimate of drug-likeness (QED) is 0.437. The Morgan fingerprint density at radius 1 is 0.821 bits per heavy atom. The van der Waals surface area contributed by atoms with Crippen LogP contribution >= 0.6 is 23.5 Å². The van der Waals surface area contributed by atoms with E-state index in [2.05, 4.69) is 0 Å². The van der Waals surface area contributed by atoms with Crippen molar-refractivity contribution >= 4 is 35.5 Å². The summed E-state index contributed by atoms with van der Waals surface area (Å²) in [7, 11) is 0. The first kappa shape index (κ1) is 20.7. The zero-order chi connectivity index (χ0) is 19.9. The maximum atomic E-state index is 12.2. The Labute approximate surface area is 171 Å². The first-order valence-corrected chi connectivity index (χ1v) is 10.4. The zero-order valence-electron chi connectivity index (χ0n) is 15.3. The van der Waals surface area contributed by atoms with Gasteiger partial charge >= 0.3 is 11.9 Å². The van der Waals surface area contributed by atoms with Gasteiger partial charge in [0.15, 0.2) is 0 Å². The molecule has 0 fully saturated rings. The van der Waals surface area contributed by atoms with E-state index in [0.29, 0.717) is 17.7 Å². The molecule has 6 nitrogen and oxygen atoms in total. The molecule has 0 unspecified atom stereocenters. The fourth-order valence-electron chi connectivity index (χ4n) is 2.49. The lowest BCUT2D eigenvalue weighted by Gasteiger charge is -2.19. The van der Waals surface area contributed by atoms with Crippen molar-refractivity contribution in [3.05, 3.63) is 47.5 Å². The fourth-order valence-corrected chi connectivity index (χ4v) is 4.77. The van der Waals surface area contributed by atoms with Crippen molar-refractivity contribution in [2.75, 3.05) is 33.0 Å². The Balaban J connectivity index is 1.67. The third kappa shape index (κ3) is 5.08. The molecule has 1 heterocycles. The van der Waals surface area contributed by atoms with E-state index in [4.69, 9.17) is 19.3 Å². The molecule has 0 atom stereocenters. The SMILES string of the molecule is CCOC(=O)c1ccc2c(c1)Sc1ccc(C(=O)OCCOCCO)cc1S2. The zero-order valence-corrected chi connectivity index (χ0v) is 16.9. The van der Waals surface area contributed by atoms with Crippen LogP contribution in [0.5, 0.6) is 0 Å². The normalized spacial score (nSPS) is 12.1. The lowest BCUT2D eigenvalue weighted by atomic mass is 10.2. The summed E-state index contributed by atoms with van der Waals surface area (Å²) < 4.78 is 15.3. The van der Waals surface area contributed by atoms with Gasteiger partial charge in [0, 0.05) is 19.6 Å². The highest BCUT2D eigenvalue weighted by Gasteiger charge is 2.21. The van der Waals surface area contributed by atoms with E-state index in [1.165, 1.54) is 0 Å². The average molecular weight is 421 g/mol. The number of hydrogen-bond donors (Lipinski definition) is 1. The van der Waals surface area contributed by atoms with E-state index < -0.39 is 5.97 Å². The molecule has 0 spiro atoms. The van der Waals surface area contributed by atoms with Crippen LogP contribution in [0.1, 0.15) is 27.6 Å². The van der Waals surface area contributed by atoms with E-state index in [-0.39, 0.29) is 32.4 Å². The molecule has 2 aromatic carbocycles. The Kier molecular flexibility index (Phi) is 7.38. The second kappa shape index (κ2) is 9.97. The lowest BCUT2D eigenvalue weighted by molar-refractivity contribution is 0.0258. The second-order valence-electron chi connectivity index (χ2n) is 5.72. The summed E-state index contributed by atoms with van der Waals surface area (Å²) in [5, 5.41) is 8.64. The Bertz CT molecular complexity index is 868. The molecule has 0 aromatic heterocycles. The Morgan fingerprint density at radius 3 is 1.93 bits per heavy atom. The fraction of sp³-hybridized carbons (Fsp3) is 0.300. The molecule has 3 rings (SSSR count). The summed E-state index contributed by atoms with van der Waals surface area (Å²) in [4.78, 5) is 28.1. The van der Waals surface area contributed by atoms with Crippen molar-refractivity contribution in [2.45, 2.75) is 26.5 Å². The Hall–Kier alpha value is -2.00. The molecular formula is C20H20O6S2. The van der Waals surface area contributed by atoms with Gasteiger partial charge in [0.1, 0.15) is 6.61 Å². The van der Waals surface area contributed by atoms with Gasteiger partial charge in [-0.15, -0.1) is 0 Å². The van der Waals surface area contributed by atoms with Crippen LogP contribution in [0.15, 0.2) is 56.0 Å². The number of hydrogen-bond acceptors (Lipinski definition) is 8. The predicted molar refractivity (Wildman–Crippen MR) is 105 cm³/mol. The summed E-state index contributed by atoms with van der Waals surface area (Å²) in [5.74, 6) is -0.743. The van der Waals surface area contributed by atoms with Gasteiger partial charge in [-0.3, -0.25) is 0 Å². The highest BCUT2D eigenvalue weighted by Crippen LogP contribution is 2.48. The van der Waals surface area contributed by atoms with Crippen molar-refractivity contribution in [2.24, 2.45) is 0 Å². The minimum Gasteiger partial charge on any atom is -0.462 e. The number of ether oxygens (including phenoxy) is 3. The third-order valence-electron chi connectivity index (χ3n) is 3.77. The molecule has 0 amide bonds. The second-order valence-corrected chi connectivity index (χ2v) is 7.89. The van der Waals surface area contributed by atoms with Gasteiger partial charge in [0.25, 0.3) is 0 Å². The topological polar surface area (TPSA) is 82.1 Å². The highest BCUT2D eigenvalue weighted by molar-refractivity contribution is 8.05. The van der Waals surface area contributed by atoms with E-state index in [1.807, 2.05) is 24.3 Å². The summed E-state index contributed by atoms with van der Waals surface area (Å²) in [5.41, 5.74) is 1.00. The molecule has 1 N–H and O–H groups in total. The molecule has 0 bridgehead atoms. The van der Waals surface area contributed by atoms with Gasteiger partial charge in [-0.2, -0.15) is 0 Å². The maximum Gasteiger partial charge on any atom is 0.338 e. The molecule has 28 heavy (non-hydrogen) atoms. The van der Waals surface area contributed by atoms with E-state index in [9.17, 15) is 9.59 Å². The average Bonchev–Trinajstić information content (AvgIpc) is 2.71. The van der Waals surface area contributed by atoms with Crippen LogP contribution < -0.4 is 0 Å². The van der Waals surface area contributed by atoms with E-state index in [0.717, 1.165) is 19.6 Å². The minimum atomic E-state index is -0.413. The van der Waals surface area contributed by atoms with E-state index in [1.54, 1.807) is 42.6 Å². The number of fused-ring (bicyclic) bond motifs is 2. The first-order valence-electron chi connectivity index (χ1n) is 8.79. The number of esters is 2. The summed E-state index contributed by atoms with van der Waals surface area (Å²) >= 11 is 3.10. The summed E-state index contributed by atoms with van der Waals surface area (Å²) in [6, 6.07) is 10.9. The number of aliphatic hydroxyl groups is 1. The number of rotatable bonds is 8. The van der Waals surface area contributed by atoms with E-state index >= 15 is 0 Å². The minimum absolute atomic E-state index is 0.0591. The number of carbonyl (C=O) groups excluding carboxylic acids is 2. The predicted octanol–water partition coefficient (Wildman–Crippen LogP) is 3.64. The molecule has 1 aliphatic heterocycles. The van der Waals surface area contributed by atoms with Crippen LogP contribution in [0, 0.1) is 0 Å². The molecule has 0 aliphatic carbocycles. The summed E-state index contributed by atoms with van der Waals surface area (Å²) in [6.45, 7) is 2.67. The number of benzene rings is 2. The largest absolute Gasteiger partial charge is 0.462 e.